The van der Waals surface area contributed by atoms with Crippen LogP contribution in [0.4, 0.5) is 17.6 Å². The van der Waals surface area contributed by atoms with Gasteiger partial charge in [-0.3, -0.25) is 14.2 Å². The van der Waals surface area contributed by atoms with Gasteiger partial charge in [-0.05, 0) is 72.5 Å². The van der Waals surface area contributed by atoms with E-state index in [1.807, 2.05) is 24.3 Å². The number of alkyl halides is 3. The molecule has 0 saturated heterocycles. The van der Waals surface area contributed by atoms with Gasteiger partial charge in [0.25, 0.3) is 11.5 Å². The molecular formula is C28H22F4N2O2. The van der Waals surface area contributed by atoms with E-state index in [2.05, 4.69) is 5.32 Å². The van der Waals surface area contributed by atoms with E-state index in [1.54, 1.807) is 19.1 Å². The molecule has 0 aliphatic heterocycles. The minimum atomic E-state index is -4.56. The number of aryl methyl sites for hydroxylation is 1. The van der Waals surface area contributed by atoms with Crippen molar-refractivity contribution >= 4 is 5.91 Å². The third-order valence-corrected chi connectivity index (χ3v) is 5.78. The van der Waals surface area contributed by atoms with Crippen LogP contribution in [0.5, 0.6) is 0 Å². The van der Waals surface area contributed by atoms with Gasteiger partial charge in [-0.15, -0.1) is 0 Å². The zero-order valence-corrected chi connectivity index (χ0v) is 19.3. The number of pyridine rings is 1. The topological polar surface area (TPSA) is 51.1 Å². The molecule has 0 saturated carbocycles. The Morgan fingerprint density at radius 1 is 0.889 bits per heavy atom. The molecule has 0 fully saturated rings. The minimum absolute atomic E-state index is 0.0308. The Morgan fingerprint density at radius 2 is 1.53 bits per heavy atom. The van der Waals surface area contributed by atoms with Crippen molar-refractivity contribution in [1.29, 1.82) is 0 Å². The van der Waals surface area contributed by atoms with Gasteiger partial charge in [-0.25, -0.2) is 4.39 Å². The van der Waals surface area contributed by atoms with Crippen LogP contribution in [0.25, 0.3) is 16.8 Å². The molecule has 8 heteroatoms. The van der Waals surface area contributed by atoms with E-state index < -0.39 is 23.2 Å². The maximum absolute atomic E-state index is 13.1. The highest BCUT2D eigenvalue weighted by Crippen LogP contribution is 2.30. The average Bonchev–Trinajstić information content (AvgIpc) is 2.85. The van der Waals surface area contributed by atoms with Gasteiger partial charge in [-0.1, -0.05) is 42.5 Å². The summed E-state index contributed by atoms with van der Waals surface area (Å²) in [7, 11) is 0. The number of nitrogens with zero attached hydrogens (tertiary/aromatic N) is 1. The first-order valence-electron chi connectivity index (χ1n) is 11.2. The Balaban J connectivity index is 1.45. The van der Waals surface area contributed by atoms with Crippen molar-refractivity contribution in [3.05, 3.63) is 123 Å². The van der Waals surface area contributed by atoms with Crippen molar-refractivity contribution < 1.29 is 22.4 Å². The Kier molecular flexibility index (Phi) is 7.05. The first kappa shape index (κ1) is 24.9. The van der Waals surface area contributed by atoms with E-state index in [9.17, 15) is 27.2 Å². The van der Waals surface area contributed by atoms with Gasteiger partial charge in [0.1, 0.15) is 11.4 Å². The van der Waals surface area contributed by atoms with Gasteiger partial charge in [0.2, 0.25) is 0 Å². The molecule has 36 heavy (non-hydrogen) atoms. The monoisotopic (exact) mass is 494 g/mol. The van der Waals surface area contributed by atoms with Gasteiger partial charge in [-0.2, -0.15) is 13.2 Å². The van der Waals surface area contributed by atoms with E-state index in [0.29, 0.717) is 12.1 Å². The van der Waals surface area contributed by atoms with Crippen LogP contribution < -0.4 is 10.9 Å². The van der Waals surface area contributed by atoms with Crippen LogP contribution in [0.2, 0.25) is 0 Å². The number of aromatic nitrogens is 1. The fourth-order valence-corrected chi connectivity index (χ4v) is 3.87. The lowest BCUT2D eigenvalue weighted by Gasteiger charge is -2.14. The van der Waals surface area contributed by atoms with Crippen molar-refractivity contribution in [3.8, 4) is 16.8 Å². The van der Waals surface area contributed by atoms with Crippen LogP contribution in [-0.2, 0) is 12.6 Å². The van der Waals surface area contributed by atoms with E-state index in [0.717, 1.165) is 33.4 Å². The molecule has 4 aromatic rings. The van der Waals surface area contributed by atoms with E-state index in [1.165, 1.54) is 36.4 Å². The van der Waals surface area contributed by atoms with E-state index in [-0.39, 0.29) is 23.6 Å². The summed E-state index contributed by atoms with van der Waals surface area (Å²) in [4.78, 5) is 25.7. The van der Waals surface area contributed by atoms with Crippen molar-refractivity contribution in [2.45, 2.75) is 19.5 Å². The molecule has 3 aromatic carbocycles. The van der Waals surface area contributed by atoms with Gasteiger partial charge in [0, 0.05) is 17.9 Å². The number of amides is 1. The van der Waals surface area contributed by atoms with E-state index in [4.69, 9.17) is 0 Å². The molecule has 1 N–H and O–H groups in total. The number of nitrogens with one attached hydrogen (secondary N) is 1. The smallest absolute Gasteiger partial charge is 0.352 e. The average molecular weight is 494 g/mol. The maximum atomic E-state index is 13.1. The first-order valence-corrected chi connectivity index (χ1v) is 11.2. The zero-order valence-electron chi connectivity index (χ0n) is 19.3. The second-order valence-electron chi connectivity index (χ2n) is 8.29. The molecule has 4 nitrogen and oxygen atoms in total. The van der Waals surface area contributed by atoms with Gasteiger partial charge in [0.05, 0.1) is 5.56 Å². The first-order chi connectivity index (χ1) is 17.1. The van der Waals surface area contributed by atoms with Crippen LogP contribution in [0, 0.1) is 12.7 Å². The third kappa shape index (κ3) is 5.54. The molecule has 0 atom stereocenters. The van der Waals surface area contributed by atoms with Crippen LogP contribution in [0.3, 0.4) is 0 Å². The molecule has 1 heterocycles. The number of carbonyl (C=O) groups is 1. The molecule has 0 bridgehead atoms. The fourth-order valence-electron chi connectivity index (χ4n) is 3.87. The summed E-state index contributed by atoms with van der Waals surface area (Å²) < 4.78 is 53.6. The number of rotatable bonds is 6. The summed E-state index contributed by atoms with van der Waals surface area (Å²) in [5.41, 5.74) is 1.45. The van der Waals surface area contributed by atoms with Crippen molar-refractivity contribution in [1.82, 2.24) is 9.88 Å². The summed E-state index contributed by atoms with van der Waals surface area (Å²) >= 11 is 0. The lowest BCUT2D eigenvalue weighted by atomic mass is 10.0. The maximum Gasteiger partial charge on any atom is 0.416 e. The summed E-state index contributed by atoms with van der Waals surface area (Å²) in [5, 5.41) is 2.70. The predicted octanol–water partition coefficient (Wildman–Crippen LogP) is 5.94. The predicted molar refractivity (Wildman–Crippen MR) is 130 cm³/mol. The number of benzene rings is 3. The molecule has 0 spiro atoms. The van der Waals surface area contributed by atoms with Crippen molar-refractivity contribution in [2.24, 2.45) is 0 Å². The van der Waals surface area contributed by atoms with Crippen LogP contribution in [0.15, 0.2) is 89.7 Å². The van der Waals surface area contributed by atoms with Crippen LogP contribution in [-0.4, -0.2) is 17.0 Å². The highest BCUT2D eigenvalue weighted by molar-refractivity contribution is 5.93. The van der Waals surface area contributed by atoms with Gasteiger partial charge in [0.15, 0.2) is 0 Å². The Labute approximate surface area is 204 Å². The molecule has 1 amide bonds. The van der Waals surface area contributed by atoms with Gasteiger partial charge < -0.3 is 5.32 Å². The molecule has 1 aromatic heterocycles. The summed E-state index contributed by atoms with van der Waals surface area (Å²) in [6.07, 6.45) is -4.05. The largest absolute Gasteiger partial charge is 0.416 e. The Hall–Kier alpha value is -4.20. The summed E-state index contributed by atoms with van der Waals surface area (Å²) in [6, 6.07) is 21.1. The molecule has 0 radical (unpaired) electrons. The Bertz CT molecular complexity index is 1440. The number of halogens is 4. The van der Waals surface area contributed by atoms with Crippen molar-refractivity contribution in [3.63, 3.8) is 0 Å². The normalized spacial score (nSPS) is 11.4. The lowest BCUT2D eigenvalue weighted by Crippen LogP contribution is -2.34. The van der Waals surface area contributed by atoms with E-state index >= 15 is 0 Å². The number of hydrogen-bond acceptors (Lipinski definition) is 2. The Morgan fingerprint density at radius 3 is 2.17 bits per heavy atom. The zero-order chi connectivity index (χ0) is 25.9. The summed E-state index contributed by atoms with van der Waals surface area (Å²) in [6.45, 7) is 1.84. The van der Waals surface area contributed by atoms with Crippen LogP contribution >= 0.6 is 0 Å². The third-order valence-electron chi connectivity index (χ3n) is 5.78. The minimum Gasteiger partial charge on any atom is -0.352 e. The standard InChI is InChI=1S/C28H22F4N2O2/c1-18-5-14-25(27(36)34(18)24-4-2-3-22(17-24)28(30,31)32)26(35)33-16-15-19-6-8-20(9-7-19)21-10-12-23(29)13-11-21/h2-14,17H,15-16H2,1H3,(H,33,35). The SMILES string of the molecule is Cc1ccc(C(=O)NCCc2ccc(-c3ccc(F)cc3)cc2)c(=O)n1-c1cccc(C(F)(F)F)c1. The highest BCUT2D eigenvalue weighted by Gasteiger charge is 2.30. The molecular weight excluding hydrogens is 472 g/mol. The quantitative estimate of drug-likeness (QED) is 0.337. The fraction of sp³-hybridized carbons (Fsp3) is 0.143. The van der Waals surface area contributed by atoms with Crippen LogP contribution in [0.1, 0.15) is 27.2 Å². The second-order valence-corrected chi connectivity index (χ2v) is 8.29. The van der Waals surface area contributed by atoms with Gasteiger partial charge >= 0.3 is 6.18 Å². The molecule has 184 valence electrons. The molecule has 4 rings (SSSR count). The number of hydrogen-bond donors (Lipinski definition) is 1. The molecule has 0 aliphatic rings. The highest BCUT2D eigenvalue weighted by atomic mass is 19.4. The lowest BCUT2D eigenvalue weighted by molar-refractivity contribution is -0.137. The van der Waals surface area contributed by atoms with Crippen molar-refractivity contribution in [2.75, 3.05) is 6.54 Å². The number of carbonyl (C=O) groups excluding carboxylic acids is 1. The summed E-state index contributed by atoms with van der Waals surface area (Å²) in [5.74, 6) is -0.912. The molecule has 0 unspecified atom stereocenters. The second kappa shape index (κ2) is 10.2. The molecule has 0 aliphatic carbocycles.